The van der Waals surface area contributed by atoms with Crippen molar-refractivity contribution in [3.8, 4) is 0 Å². The SMILES string of the molecule is COC[C@@H](C)CCC1=C(C)C2C(CCC3C4CC[C@@H]5C[C@@H](C)CC[C@]5(C)C4CC[C@@]32C)O1. The highest BCUT2D eigenvalue weighted by molar-refractivity contribution is 5.24. The van der Waals surface area contributed by atoms with Crippen LogP contribution in [0.15, 0.2) is 11.3 Å². The molecule has 5 rings (SSSR count). The Labute approximate surface area is 198 Å². The molecule has 4 aliphatic carbocycles. The molecule has 0 saturated heterocycles. The molecule has 0 amide bonds. The Morgan fingerprint density at radius 1 is 1.00 bits per heavy atom. The van der Waals surface area contributed by atoms with E-state index in [2.05, 4.69) is 34.6 Å². The molecule has 1 heterocycles. The molecule has 0 spiro atoms. The van der Waals surface area contributed by atoms with Crippen molar-refractivity contribution in [2.45, 2.75) is 111 Å². The zero-order chi connectivity index (χ0) is 22.7. The maximum Gasteiger partial charge on any atom is 0.105 e. The van der Waals surface area contributed by atoms with Crippen LogP contribution >= 0.6 is 0 Å². The molecule has 0 aromatic rings. The topological polar surface area (TPSA) is 18.5 Å². The lowest BCUT2D eigenvalue weighted by atomic mass is 9.41. The number of hydrogen-bond acceptors (Lipinski definition) is 2. The monoisotopic (exact) mass is 442 g/mol. The summed E-state index contributed by atoms with van der Waals surface area (Å²) in [5, 5.41) is 0. The van der Waals surface area contributed by atoms with Crippen molar-refractivity contribution < 1.29 is 9.47 Å². The number of rotatable bonds is 5. The van der Waals surface area contributed by atoms with Crippen LogP contribution in [0.3, 0.4) is 0 Å². The zero-order valence-electron chi connectivity index (χ0n) is 21.9. The van der Waals surface area contributed by atoms with Crippen molar-refractivity contribution in [2.24, 2.45) is 52.3 Å². The molecule has 2 heteroatoms. The molecule has 0 radical (unpaired) electrons. The van der Waals surface area contributed by atoms with Gasteiger partial charge in [-0.3, -0.25) is 0 Å². The second kappa shape index (κ2) is 8.62. The van der Waals surface area contributed by atoms with Gasteiger partial charge in [0.15, 0.2) is 0 Å². The molecule has 32 heavy (non-hydrogen) atoms. The molecule has 5 unspecified atom stereocenters. The molecule has 0 aromatic heterocycles. The molecular weight excluding hydrogens is 392 g/mol. The van der Waals surface area contributed by atoms with Gasteiger partial charge in [-0.15, -0.1) is 0 Å². The van der Waals surface area contributed by atoms with Gasteiger partial charge in [0.25, 0.3) is 0 Å². The Bertz CT molecular complexity index is 726. The highest BCUT2D eigenvalue weighted by Gasteiger charge is 2.61. The third kappa shape index (κ3) is 3.61. The summed E-state index contributed by atoms with van der Waals surface area (Å²) in [7, 11) is 1.82. The van der Waals surface area contributed by atoms with Gasteiger partial charge >= 0.3 is 0 Å². The second-order valence-electron chi connectivity index (χ2n) is 13.5. The van der Waals surface area contributed by atoms with Crippen LogP contribution in [0.1, 0.15) is 105 Å². The van der Waals surface area contributed by atoms with Gasteiger partial charge in [0.2, 0.25) is 0 Å². The standard InChI is InChI=1S/C30H50O2/c1-19-13-15-29(4)22(17-19)8-9-23-24-10-12-27-28(30(24,5)16-14-25(23)29)21(3)26(32-27)11-7-20(2)18-31-6/h19-20,22-25,27-28H,7-18H2,1-6H3/t19-,20-,22+,23?,24?,25?,27?,28?,29-,30-/m0/s1. The van der Waals surface area contributed by atoms with E-state index in [-0.39, 0.29) is 0 Å². The lowest BCUT2D eigenvalue weighted by molar-refractivity contribution is -0.154. The number of ether oxygens (including phenoxy) is 2. The second-order valence-corrected chi connectivity index (χ2v) is 13.5. The average molecular weight is 443 g/mol. The third-order valence-corrected chi connectivity index (χ3v) is 11.7. The number of hydrogen-bond donors (Lipinski definition) is 0. The summed E-state index contributed by atoms with van der Waals surface area (Å²) < 4.78 is 12.1. The minimum Gasteiger partial charge on any atom is -0.494 e. The highest BCUT2D eigenvalue weighted by atomic mass is 16.5. The van der Waals surface area contributed by atoms with Gasteiger partial charge in [-0.2, -0.15) is 0 Å². The Balaban J connectivity index is 1.35. The van der Waals surface area contributed by atoms with Crippen LogP contribution in [-0.2, 0) is 9.47 Å². The van der Waals surface area contributed by atoms with Crippen LogP contribution in [0, 0.1) is 52.3 Å². The molecule has 0 N–H and O–H groups in total. The summed E-state index contributed by atoms with van der Waals surface area (Å²) in [5.74, 6) is 7.49. The van der Waals surface area contributed by atoms with Crippen molar-refractivity contribution in [2.75, 3.05) is 13.7 Å². The first-order valence-corrected chi connectivity index (χ1v) is 14.1. The molecule has 2 nitrogen and oxygen atoms in total. The molecule has 4 saturated carbocycles. The minimum absolute atomic E-state index is 0.458. The summed E-state index contributed by atoms with van der Waals surface area (Å²) in [4.78, 5) is 0. The zero-order valence-corrected chi connectivity index (χ0v) is 21.9. The fourth-order valence-corrected chi connectivity index (χ4v) is 10.0. The summed E-state index contributed by atoms with van der Waals surface area (Å²) in [6.07, 6.45) is 15.9. The van der Waals surface area contributed by atoms with Crippen molar-refractivity contribution in [3.05, 3.63) is 11.3 Å². The molecule has 0 aromatic carbocycles. The minimum atomic E-state index is 0.458. The van der Waals surface area contributed by atoms with E-state index in [1.54, 1.807) is 5.57 Å². The van der Waals surface area contributed by atoms with Gasteiger partial charge in [0.05, 0.1) is 5.76 Å². The molecule has 5 aliphatic rings. The Morgan fingerprint density at radius 2 is 1.75 bits per heavy atom. The Morgan fingerprint density at radius 3 is 2.53 bits per heavy atom. The molecule has 10 atom stereocenters. The van der Waals surface area contributed by atoms with Crippen LogP contribution in [0.25, 0.3) is 0 Å². The summed E-state index contributed by atoms with van der Waals surface area (Å²) >= 11 is 0. The quantitative estimate of drug-likeness (QED) is 0.429. The summed E-state index contributed by atoms with van der Waals surface area (Å²) in [6.45, 7) is 13.5. The van der Waals surface area contributed by atoms with E-state index >= 15 is 0 Å². The van der Waals surface area contributed by atoms with Gasteiger partial charge in [-0.25, -0.2) is 0 Å². The number of methoxy groups -OCH3 is 1. The van der Waals surface area contributed by atoms with Crippen LogP contribution in [0.5, 0.6) is 0 Å². The van der Waals surface area contributed by atoms with Crippen LogP contribution < -0.4 is 0 Å². The van der Waals surface area contributed by atoms with Crippen molar-refractivity contribution in [1.29, 1.82) is 0 Å². The number of fused-ring (bicyclic) bond motifs is 7. The number of allylic oxidation sites excluding steroid dienone is 1. The smallest absolute Gasteiger partial charge is 0.105 e. The summed E-state index contributed by atoms with van der Waals surface area (Å²) in [5.41, 5.74) is 2.71. The van der Waals surface area contributed by atoms with Crippen molar-refractivity contribution >= 4 is 0 Å². The molecule has 0 bridgehead atoms. The first-order chi connectivity index (χ1) is 15.3. The van der Waals surface area contributed by atoms with Gasteiger partial charge < -0.3 is 9.47 Å². The van der Waals surface area contributed by atoms with E-state index in [0.29, 0.717) is 28.8 Å². The highest BCUT2D eigenvalue weighted by Crippen LogP contribution is 2.68. The fraction of sp³-hybridized carbons (Fsp3) is 0.933. The maximum absolute atomic E-state index is 6.71. The lowest BCUT2D eigenvalue weighted by Gasteiger charge is -2.64. The van der Waals surface area contributed by atoms with E-state index < -0.39 is 0 Å². The van der Waals surface area contributed by atoms with Gasteiger partial charge in [0.1, 0.15) is 6.10 Å². The molecular formula is C30H50O2. The van der Waals surface area contributed by atoms with E-state index in [0.717, 1.165) is 42.6 Å². The summed E-state index contributed by atoms with van der Waals surface area (Å²) in [6, 6.07) is 0. The predicted octanol–water partition coefficient (Wildman–Crippen LogP) is 8.02. The lowest BCUT2D eigenvalue weighted by Crippen LogP contribution is -2.57. The van der Waals surface area contributed by atoms with E-state index in [1.807, 2.05) is 7.11 Å². The molecule has 182 valence electrons. The molecule has 1 aliphatic heterocycles. The van der Waals surface area contributed by atoms with Crippen LogP contribution in [0.2, 0.25) is 0 Å². The molecule has 4 fully saturated rings. The Hall–Kier alpha value is -0.500. The van der Waals surface area contributed by atoms with Crippen LogP contribution in [0.4, 0.5) is 0 Å². The predicted molar refractivity (Wildman–Crippen MR) is 132 cm³/mol. The first kappa shape index (κ1) is 23.3. The average Bonchev–Trinajstić information content (AvgIpc) is 3.09. The van der Waals surface area contributed by atoms with E-state index in [1.165, 1.54) is 70.0 Å². The van der Waals surface area contributed by atoms with Gasteiger partial charge in [-0.05, 0) is 117 Å². The Kier molecular flexibility index (Phi) is 6.26. The first-order valence-electron chi connectivity index (χ1n) is 14.1. The van der Waals surface area contributed by atoms with Crippen molar-refractivity contribution in [1.82, 2.24) is 0 Å². The largest absolute Gasteiger partial charge is 0.494 e. The normalized spacial score (nSPS) is 48.9. The van der Waals surface area contributed by atoms with Crippen molar-refractivity contribution in [3.63, 3.8) is 0 Å². The van der Waals surface area contributed by atoms with E-state index in [9.17, 15) is 0 Å². The van der Waals surface area contributed by atoms with Gasteiger partial charge in [-0.1, -0.05) is 34.1 Å². The fourth-order valence-electron chi connectivity index (χ4n) is 10.0. The van der Waals surface area contributed by atoms with Gasteiger partial charge in [0, 0.05) is 26.1 Å². The van der Waals surface area contributed by atoms with Crippen LogP contribution in [-0.4, -0.2) is 19.8 Å². The van der Waals surface area contributed by atoms with E-state index in [4.69, 9.17) is 9.47 Å². The third-order valence-electron chi connectivity index (χ3n) is 11.7. The maximum atomic E-state index is 6.71.